The fourth-order valence-corrected chi connectivity index (χ4v) is 1.96. The molecule has 0 radical (unpaired) electrons. The summed E-state index contributed by atoms with van der Waals surface area (Å²) in [6, 6.07) is 2.08. The maximum atomic E-state index is 8.58. The Labute approximate surface area is 81.4 Å². The molecule has 68 valence electrons. The fourth-order valence-electron chi connectivity index (χ4n) is 1.34. The standard InChI is InChI=1S/C9H11N3S/c10-4-8-6-12-9(13-8)11-5-7-2-1-3-7/h6-7H,1-3,5H2,(H,11,12). The molecule has 13 heavy (non-hydrogen) atoms. The summed E-state index contributed by atoms with van der Waals surface area (Å²) in [6.45, 7) is 1.01. The Hall–Kier alpha value is -1.08. The summed E-state index contributed by atoms with van der Waals surface area (Å²) >= 11 is 1.43. The second kappa shape index (κ2) is 3.75. The lowest BCUT2D eigenvalue weighted by molar-refractivity contribution is 0.333. The van der Waals surface area contributed by atoms with Crippen molar-refractivity contribution in [1.82, 2.24) is 4.98 Å². The Morgan fingerprint density at radius 1 is 1.69 bits per heavy atom. The van der Waals surface area contributed by atoms with Gasteiger partial charge in [-0.05, 0) is 18.8 Å². The number of aromatic nitrogens is 1. The minimum absolute atomic E-state index is 0.677. The van der Waals surface area contributed by atoms with E-state index in [1.807, 2.05) is 0 Å². The van der Waals surface area contributed by atoms with E-state index in [2.05, 4.69) is 16.4 Å². The molecule has 1 aliphatic carbocycles. The van der Waals surface area contributed by atoms with Gasteiger partial charge in [-0.15, -0.1) is 0 Å². The molecule has 1 aliphatic rings. The summed E-state index contributed by atoms with van der Waals surface area (Å²) in [5.74, 6) is 0.828. The molecule has 1 aromatic heterocycles. The van der Waals surface area contributed by atoms with Crippen LogP contribution in [0.2, 0.25) is 0 Å². The van der Waals surface area contributed by atoms with Gasteiger partial charge in [0.2, 0.25) is 0 Å². The largest absolute Gasteiger partial charge is 0.361 e. The number of nitriles is 1. The van der Waals surface area contributed by atoms with E-state index in [0.29, 0.717) is 4.88 Å². The van der Waals surface area contributed by atoms with E-state index in [0.717, 1.165) is 17.6 Å². The van der Waals surface area contributed by atoms with Crippen LogP contribution in [0.1, 0.15) is 24.1 Å². The molecule has 2 rings (SSSR count). The third-order valence-corrected chi connectivity index (χ3v) is 3.24. The van der Waals surface area contributed by atoms with Crippen molar-refractivity contribution in [3.8, 4) is 6.07 Å². The van der Waals surface area contributed by atoms with Crippen LogP contribution in [0.15, 0.2) is 6.20 Å². The Kier molecular flexibility index (Phi) is 2.46. The molecule has 1 saturated carbocycles. The average Bonchev–Trinajstić information content (AvgIpc) is 2.49. The van der Waals surface area contributed by atoms with Crippen molar-refractivity contribution in [3.05, 3.63) is 11.1 Å². The summed E-state index contributed by atoms with van der Waals surface area (Å²) in [6.07, 6.45) is 5.66. The first-order chi connectivity index (χ1) is 6.38. The Morgan fingerprint density at radius 2 is 2.54 bits per heavy atom. The molecule has 0 aliphatic heterocycles. The van der Waals surface area contributed by atoms with Crippen LogP contribution < -0.4 is 5.32 Å². The molecule has 4 heteroatoms. The predicted molar refractivity (Wildman–Crippen MR) is 52.7 cm³/mol. The zero-order valence-corrected chi connectivity index (χ0v) is 8.10. The summed E-state index contributed by atoms with van der Waals surface area (Å²) in [4.78, 5) is 4.78. The van der Waals surface area contributed by atoms with Crippen LogP contribution >= 0.6 is 11.3 Å². The van der Waals surface area contributed by atoms with Crippen LogP contribution in [0.4, 0.5) is 5.13 Å². The third kappa shape index (κ3) is 1.99. The van der Waals surface area contributed by atoms with Crippen LogP contribution in [-0.2, 0) is 0 Å². The van der Waals surface area contributed by atoms with Gasteiger partial charge in [-0.2, -0.15) is 5.26 Å². The van der Waals surface area contributed by atoms with E-state index in [9.17, 15) is 0 Å². The molecule has 0 amide bonds. The Balaban J connectivity index is 1.83. The summed E-state index contributed by atoms with van der Waals surface area (Å²) < 4.78 is 0. The van der Waals surface area contributed by atoms with Crippen molar-refractivity contribution in [1.29, 1.82) is 5.26 Å². The second-order valence-corrected chi connectivity index (χ2v) is 4.35. The maximum absolute atomic E-state index is 8.58. The van der Waals surface area contributed by atoms with Gasteiger partial charge in [-0.3, -0.25) is 0 Å². The Bertz CT molecular complexity index is 322. The van der Waals surface area contributed by atoms with Gasteiger partial charge >= 0.3 is 0 Å². The van der Waals surface area contributed by atoms with Crippen molar-refractivity contribution < 1.29 is 0 Å². The van der Waals surface area contributed by atoms with Gasteiger partial charge in [-0.1, -0.05) is 17.8 Å². The molecule has 1 heterocycles. The summed E-state index contributed by atoms with van der Waals surface area (Å²) in [7, 11) is 0. The number of nitrogens with zero attached hydrogens (tertiary/aromatic N) is 2. The van der Waals surface area contributed by atoms with E-state index in [1.165, 1.54) is 30.6 Å². The van der Waals surface area contributed by atoms with Gasteiger partial charge in [0.1, 0.15) is 10.9 Å². The number of anilines is 1. The summed E-state index contributed by atoms with van der Waals surface area (Å²) in [5.41, 5.74) is 0. The molecule has 1 N–H and O–H groups in total. The molecule has 1 aromatic rings. The molecular formula is C9H11N3S. The highest BCUT2D eigenvalue weighted by molar-refractivity contribution is 7.16. The quantitative estimate of drug-likeness (QED) is 0.800. The third-order valence-electron chi connectivity index (χ3n) is 2.38. The van der Waals surface area contributed by atoms with E-state index in [4.69, 9.17) is 5.26 Å². The van der Waals surface area contributed by atoms with Gasteiger partial charge in [0.05, 0.1) is 6.20 Å². The average molecular weight is 193 g/mol. The smallest absolute Gasteiger partial charge is 0.183 e. The molecule has 0 bridgehead atoms. The molecular weight excluding hydrogens is 182 g/mol. The molecule has 1 fully saturated rings. The molecule has 0 atom stereocenters. The van der Waals surface area contributed by atoms with Gasteiger partial charge in [-0.25, -0.2) is 4.98 Å². The highest BCUT2D eigenvalue weighted by Gasteiger charge is 2.17. The van der Waals surface area contributed by atoms with Gasteiger partial charge in [0.25, 0.3) is 0 Å². The lowest BCUT2D eigenvalue weighted by Gasteiger charge is -2.25. The number of nitrogens with one attached hydrogen (secondary N) is 1. The first kappa shape index (κ1) is 8.52. The van der Waals surface area contributed by atoms with E-state index < -0.39 is 0 Å². The molecule has 0 spiro atoms. The molecule has 0 unspecified atom stereocenters. The number of thiazole rings is 1. The van der Waals surface area contributed by atoms with Gasteiger partial charge in [0, 0.05) is 6.54 Å². The number of rotatable bonds is 3. The summed E-state index contributed by atoms with van der Waals surface area (Å²) in [5, 5.41) is 12.7. The predicted octanol–water partition coefficient (Wildman–Crippen LogP) is 2.23. The molecule has 0 aromatic carbocycles. The fraction of sp³-hybridized carbons (Fsp3) is 0.556. The van der Waals surface area contributed by atoms with Crippen molar-refractivity contribution in [2.24, 2.45) is 5.92 Å². The van der Waals surface area contributed by atoms with Crippen molar-refractivity contribution in [3.63, 3.8) is 0 Å². The maximum Gasteiger partial charge on any atom is 0.183 e. The minimum atomic E-state index is 0.677. The Morgan fingerprint density at radius 3 is 3.08 bits per heavy atom. The van der Waals surface area contributed by atoms with Crippen molar-refractivity contribution >= 4 is 16.5 Å². The zero-order valence-electron chi connectivity index (χ0n) is 7.29. The van der Waals surface area contributed by atoms with Crippen LogP contribution in [0.3, 0.4) is 0 Å². The number of hydrogen-bond donors (Lipinski definition) is 1. The molecule has 3 nitrogen and oxygen atoms in total. The van der Waals surface area contributed by atoms with Crippen LogP contribution in [0.5, 0.6) is 0 Å². The number of hydrogen-bond acceptors (Lipinski definition) is 4. The minimum Gasteiger partial charge on any atom is -0.361 e. The molecule has 0 saturated heterocycles. The van der Waals surface area contributed by atoms with E-state index in [-0.39, 0.29) is 0 Å². The highest BCUT2D eigenvalue weighted by atomic mass is 32.1. The lowest BCUT2D eigenvalue weighted by atomic mass is 9.86. The first-order valence-corrected chi connectivity index (χ1v) is 5.30. The lowest BCUT2D eigenvalue weighted by Crippen LogP contribution is -2.20. The first-order valence-electron chi connectivity index (χ1n) is 4.48. The van der Waals surface area contributed by atoms with Crippen LogP contribution in [-0.4, -0.2) is 11.5 Å². The van der Waals surface area contributed by atoms with E-state index in [1.54, 1.807) is 6.20 Å². The monoisotopic (exact) mass is 193 g/mol. The topological polar surface area (TPSA) is 48.7 Å². The van der Waals surface area contributed by atoms with Gasteiger partial charge < -0.3 is 5.32 Å². The van der Waals surface area contributed by atoms with Crippen molar-refractivity contribution in [2.75, 3.05) is 11.9 Å². The van der Waals surface area contributed by atoms with Gasteiger partial charge in [0.15, 0.2) is 5.13 Å². The van der Waals surface area contributed by atoms with Crippen LogP contribution in [0, 0.1) is 17.2 Å². The van der Waals surface area contributed by atoms with Crippen molar-refractivity contribution in [2.45, 2.75) is 19.3 Å². The normalized spacial score (nSPS) is 16.2. The highest BCUT2D eigenvalue weighted by Crippen LogP contribution is 2.27. The zero-order chi connectivity index (χ0) is 9.10. The second-order valence-electron chi connectivity index (χ2n) is 3.32. The van der Waals surface area contributed by atoms with Crippen LogP contribution in [0.25, 0.3) is 0 Å². The SMILES string of the molecule is N#Cc1cnc(NCC2CCC2)s1. The van der Waals surface area contributed by atoms with E-state index >= 15 is 0 Å².